The Labute approximate surface area is 98.4 Å². The average Bonchev–Trinajstić information content (AvgIpc) is 2.70. The zero-order valence-corrected chi connectivity index (χ0v) is 10.3. The number of hydrogen-bond acceptors (Lipinski definition) is 2. The van der Waals surface area contributed by atoms with Crippen molar-refractivity contribution in [3.63, 3.8) is 0 Å². The molecule has 1 saturated carbocycles. The molecule has 0 aliphatic heterocycles. The SMILES string of the molecule is C[C@H](CC[C@H](CN)C(=O)O)CC1CCCC1. The molecule has 1 fully saturated rings. The van der Waals surface area contributed by atoms with Crippen LogP contribution in [-0.2, 0) is 4.79 Å². The summed E-state index contributed by atoms with van der Waals surface area (Å²) in [6, 6.07) is 0. The van der Waals surface area contributed by atoms with Gasteiger partial charge in [-0.1, -0.05) is 32.6 Å². The van der Waals surface area contributed by atoms with Crippen LogP contribution in [0.1, 0.15) is 51.9 Å². The molecule has 0 spiro atoms. The molecule has 1 aliphatic rings. The fourth-order valence-corrected chi connectivity index (χ4v) is 2.76. The molecular weight excluding hydrogens is 202 g/mol. The molecule has 0 saturated heterocycles. The second-order valence-corrected chi connectivity index (χ2v) is 5.34. The summed E-state index contributed by atoms with van der Waals surface area (Å²) in [5.41, 5.74) is 5.44. The first-order chi connectivity index (χ1) is 7.63. The Morgan fingerprint density at radius 3 is 2.50 bits per heavy atom. The van der Waals surface area contributed by atoms with E-state index >= 15 is 0 Å². The summed E-state index contributed by atoms with van der Waals surface area (Å²) in [5.74, 6) is 0.467. The van der Waals surface area contributed by atoms with Crippen LogP contribution in [0.15, 0.2) is 0 Å². The van der Waals surface area contributed by atoms with Gasteiger partial charge in [0.1, 0.15) is 0 Å². The van der Waals surface area contributed by atoms with Gasteiger partial charge in [-0.15, -0.1) is 0 Å². The van der Waals surface area contributed by atoms with Gasteiger partial charge in [-0.3, -0.25) is 4.79 Å². The van der Waals surface area contributed by atoms with Gasteiger partial charge in [-0.2, -0.15) is 0 Å². The van der Waals surface area contributed by atoms with Crippen molar-refractivity contribution in [1.82, 2.24) is 0 Å². The Morgan fingerprint density at radius 1 is 1.38 bits per heavy atom. The smallest absolute Gasteiger partial charge is 0.307 e. The van der Waals surface area contributed by atoms with Crippen LogP contribution in [0.3, 0.4) is 0 Å². The Hall–Kier alpha value is -0.570. The highest BCUT2D eigenvalue weighted by molar-refractivity contribution is 5.70. The van der Waals surface area contributed by atoms with Gasteiger partial charge in [0.2, 0.25) is 0 Å². The van der Waals surface area contributed by atoms with Crippen molar-refractivity contribution in [3.05, 3.63) is 0 Å². The van der Waals surface area contributed by atoms with Crippen molar-refractivity contribution >= 4 is 5.97 Å². The maximum atomic E-state index is 10.8. The van der Waals surface area contributed by atoms with Gasteiger partial charge in [0, 0.05) is 6.54 Å². The zero-order valence-electron chi connectivity index (χ0n) is 10.3. The molecule has 2 atom stereocenters. The van der Waals surface area contributed by atoms with E-state index in [2.05, 4.69) is 6.92 Å². The van der Waals surface area contributed by atoms with E-state index in [1.165, 1.54) is 32.1 Å². The average molecular weight is 227 g/mol. The Bertz CT molecular complexity index is 212. The van der Waals surface area contributed by atoms with E-state index in [1.54, 1.807) is 0 Å². The molecule has 3 nitrogen and oxygen atoms in total. The van der Waals surface area contributed by atoms with Gasteiger partial charge in [0.15, 0.2) is 0 Å². The Balaban J connectivity index is 2.17. The number of carbonyl (C=O) groups is 1. The maximum absolute atomic E-state index is 10.8. The van der Waals surface area contributed by atoms with Crippen molar-refractivity contribution in [3.8, 4) is 0 Å². The normalized spacial score (nSPS) is 20.9. The van der Waals surface area contributed by atoms with Gasteiger partial charge < -0.3 is 10.8 Å². The number of aliphatic carboxylic acids is 1. The molecule has 0 unspecified atom stereocenters. The second-order valence-electron chi connectivity index (χ2n) is 5.34. The lowest BCUT2D eigenvalue weighted by atomic mass is 9.89. The molecule has 94 valence electrons. The van der Waals surface area contributed by atoms with Crippen molar-refractivity contribution in [1.29, 1.82) is 0 Å². The summed E-state index contributed by atoms with van der Waals surface area (Å²) in [5, 5.41) is 8.89. The van der Waals surface area contributed by atoms with Crippen LogP contribution in [0.25, 0.3) is 0 Å². The molecule has 1 rings (SSSR count). The summed E-state index contributed by atoms with van der Waals surface area (Å²) >= 11 is 0. The predicted molar refractivity (Wildman–Crippen MR) is 65.2 cm³/mol. The number of carboxylic acid groups (broad SMARTS) is 1. The summed E-state index contributed by atoms with van der Waals surface area (Å²) in [6.45, 7) is 2.51. The maximum Gasteiger partial charge on any atom is 0.307 e. The highest BCUT2D eigenvalue weighted by atomic mass is 16.4. The van der Waals surface area contributed by atoms with Gasteiger partial charge in [-0.25, -0.2) is 0 Å². The van der Waals surface area contributed by atoms with Crippen molar-refractivity contribution in [2.45, 2.75) is 51.9 Å². The molecule has 1 aliphatic carbocycles. The molecular formula is C13H25NO2. The molecule has 0 bridgehead atoms. The number of rotatable bonds is 7. The third kappa shape index (κ3) is 4.52. The van der Waals surface area contributed by atoms with E-state index in [1.807, 2.05) is 0 Å². The van der Waals surface area contributed by atoms with E-state index in [0.29, 0.717) is 5.92 Å². The number of hydrogen-bond donors (Lipinski definition) is 2. The van der Waals surface area contributed by atoms with E-state index < -0.39 is 5.97 Å². The second kappa shape index (κ2) is 6.89. The lowest BCUT2D eigenvalue weighted by Crippen LogP contribution is -2.23. The van der Waals surface area contributed by atoms with Crippen LogP contribution in [0.4, 0.5) is 0 Å². The summed E-state index contributed by atoms with van der Waals surface area (Å²) in [4.78, 5) is 10.8. The monoisotopic (exact) mass is 227 g/mol. The summed E-state index contributed by atoms with van der Waals surface area (Å²) in [6.07, 6.45) is 8.55. The first-order valence-corrected chi connectivity index (χ1v) is 6.56. The van der Waals surface area contributed by atoms with Crippen molar-refractivity contribution in [2.75, 3.05) is 6.54 Å². The molecule has 0 radical (unpaired) electrons. The molecule has 0 aromatic carbocycles. The van der Waals surface area contributed by atoms with Gasteiger partial charge in [-0.05, 0) is 31.1 Å². The molecule has 16 heavy (non-hydrogen) atoms. The zero-order chi connectivity index (χ0) is 12.0. The standard InChI is InChI=1S/C13H25NO2/c1-10(8-11-4-2-3-5-11)6-7-12(9-14)13(15)16/h10-12H,2-9,14H2,1H3,(H,15,16)/t10-,12-/m1/s1. The quantitative estimate of drug-likeness (QED) is 0.702. The number of nitrogens with two attached hydrogens (primary N) is 1. The van der Waals surface area contributed by atoms with Crippen LogP contribution in [0.5, 0.6) is 0 Å². The third-order valence-electron chi connectivity index (χ3n) is 3.85. The van der Waals surface area contributed by atoms with Crippen LogP contribution in [-0.4, -0.2) is 17.6 Å². The topological polar surface area (TPSA) is 63.3 Å². The molecule has 0 heterocycles. The van der Waals surface area contributed by atoms with E-state index in [9.17, 15) is 4.79 Å². The van der Waals surface area contributed by atoms with E-state index in [-0.39, 0.29) is 12.5 Å². The minimum atomic E-state index is -0.740. The van der Waals surface area contributed by atoms with Crippen LogP contribution < -0.4 is 5.73 Å². The Morgan fingerprint density at radius 2 is 2.00 bits per heavy atom. The fourth-order valence-electron chi connectivity index (χ4n) is 2.76. The Kier molecular flexibility index (Phi) is 5.81. The van der Waals surface area contributed by atoms with Gasteiger partial charge >= 0.3 is 5.97 Å². The van der Waals surface area contributed by atoms with Crippen molar-refractivity contribution in [2.24, 2.45) is 23.5 Å². The summed E-state index contributed by atoms with van der Waals surface area (Å²) in [7, 11) is 0. The minimum Gasteiger partial charge on any atom is -0.481 e. The predicted octanol–water partition coefficient (Wildman–Crippen LogP) is 2.64. The molecule has 3 heteroatoms. The first-order valence-electron chi connectivity index (χ1n) is 6.56. The highest BCUT2D eigenvalue weighted by Crippen LogP contribution is 2.31. The van der Waals surface area contributed by atoms with Gasteiger partial charge in [0.25, 0.3) is 0 Å². The highest BCUT2D eigenvalue weighted by Gasteiger charge is 2.20. The largest absolute Gasteiger partial charge is 0.481 e. The molecule has 0 aromatic rings. The minimum absolute atomic E-state index is 0.269. The van der Waals surface area contributed by atoms with Crippen LogP contribution in [0, 0.1) is 17.8 Å². The van der Waals surface area contributed by atoms with Crippen LogP contribution >= 0.6 is 0 Å². The summed E-state index contributed by atoms with van der Waals surface area (Å²) < 4.78 is 0. The molecule has 3 N–H and O–H groups in total. The third-order valence-corrected chi connectivity index (χ3v) is 3.85. The lowest BCUT2D eigenvalue weighted by Gasteiger charge is -2.17. The van der Waals surface area contributed by atoms with Crippen LogP contribution in [0.2, 0.25) is 0 Å². The molecule has 0 amide bonds. The first kappa shape index (κ1) is 13.5. The van der Waals surface area contributed by atoms with Gasteiger partial charge in [0.05, 0.1) is 5.92 Å². The number of carboxylic acids is 1. The molecule has 0 aromatic heterocycles. The van der Waals surface area contributed by atoms with Crippen molar-refractivity contribution < 1.29 is 9.90 Å². The van der Waals surface area contributed by atoms with E-state index in [0.717, 1.165) is 18.8 Å². The van der Waals surface area contributed by atoms with E-state index in [4.69, 9.17) is 10.8 Å². The fraction of sp³-hybridized carbons (Fsp3) is 0.923. The lowest BCUT2D eigenvalue weighted by molar-refractivity contribution is -0.141.